The highest BCUT2D eigenvalue weighted by Crippen LogP contribution is 2.38. The standard InChI is InChI=1S/C23H21FN4O2/c1-2-29-16-3-4-22-14(8-16)7-15(12-30-22)20-11-17-18(24)9-13(10-21(17)27-20)19-5-6-26-23(25)28-19/h3-6,8-10,15H,2,7,11-12H2,1H3,(H2,25,26,28). The van der Waals surface area contributed by atoms with Crippen LogP contribution in [0.5, 0.6) is 11.5 Å². The van der Waals surface area contributed by atoms with E-state index in [1.807, 2.05) is 31.2 Å². The van der Waals surface area contributed by atoms with Gasteiger partial charge in [0, 0.05) is 35.4 Å². The molecule has 7 heteroatoms. The first-order valence-corrected chi connectivity index (χ1v) is 9.98. The van der Waals surface area contributed by atoms with E-state index >= 15 is 0 Å². The van der Waals surface area contributed by atoms with Gasteiger partial charge in [-0.3, -0.25) is 4.99 Å². The zero-order valence-electron chi connectivity index (χ0n) is 16.6. The summed E-state index contributed by atoms with van der Waals surface area (Å²) in [5.74, 6) is 1.67. The first kappa shape index (κ1) is 18.5. The van der Waals surface area contributed by atoms with Crippen LogP contribution in [0.1, 0.15) is 18.1 Å². The summed E-state index contributed by atoms with van der Waals surface area (Å²) in [6, 6.07) is 10.9. The van der Waals surface area contributed by atoms with E-state index in [0.29, 0.717) is 42.1 Å². The molecule has 0 spiro atoms. The van der Waals surface area contributed by atoms with Crippen LogP contribution in [0.2, 0.25) is 0 Å². The Morgan fingerprint density at radius 3 is 2.97 bits per heavy atom. The first-order chi connectivity index (χ1) is 14.6. The average Bonchev–Trinajstić information content (AvgIpc) is 3.18. The van der Waals surface area contributed by atoms with Gasteiger partial charge in [-0.1, -0.05) is 0 Å². The van der Waals surface area contributed by atoms with Crippen LogP contribution in [0.4, 0.5) is 16.0 Å². The quantitative estimate of drug-likeness (QED) is 0.707. The predicted molar refractivity (Wildman–Crippen MR) is 113 cm³/mol. The second-order valence-corrected chi connectivity index (χ2v) is 7.45. The second kappa shape index (κ2) is 7.40. The van der Waals surface area contributed by atoms with Gasteiger partial charge in [-0.2, -0.15) is 0 Å². The third kappa shape index (κ3) is 3.36. The maximum absolute atomic E-state index is 14.9. The van der Waals surface area contributed by atoms with Gasteiger partial charge in [0.15, 0.2) is 0 Å². The Labute approximate surface area is 173 Å². The Bertz CT molecular complexity index is 1160. The SMILES string of the molecule is CCOc1ccc2c(c1)CC(C1=Nc3cc(-c4ccnc(N)n4)cc(F)c3C1)CO2. The van der Waals surface area contributed by atoms with Crippen molar-refractivity contribution in [1.29, 1.82) is 0 Å². The molecule has 2 aliphatic rings. The molecule has 2 aliphatic heterocycles. The van der Waals surface area contributed by atoms with Gasteiger partial charge in [-0.25, -0.2) is 14.4 Å². The fourth-order valence-corrected chi connectivity index (χ4v) is 4.03. The van der Waals surface area contributed by atoms with E-state index < -0.39 is 0 Å². The number of halogens is 1. The lowest BCUT2D eigenvalue weighted by atomic mass is 9.90. The van der Waals surface area contributed by atoms with Crippen molar-refractivity contribution in [2.45, 2.75) is 19.8 Å². The van der Waals surface area contributed by atoms with Crippen molar-refractivity contribution in [3.63, 3.8) is 0 Å². The Balaban J connectivity index is 1.42. The molecule has 6 nitrogen and oxygen atoms in total. The van der Waals surface area contributed by atoms with Gasteiger partial charge in [0.1, 0.15) is 17.3 Å². The summed E-state index contributed by atoms with van der Waals surface area (Å²) in [5.41, 5.74) is 10.2. The number of nitrogen functional groups attached to an aromatic ring is 1. The number of fused-ring (bicyclic) bond motifs is 2. The molecule has 0 fully saturated rings. The number of hydrogen-bond donors (Lipinski definition) is 1. The Kier molecular flexibility index (Phi) is 4.58. The number of nitrogens with two attached hydrogens (primary N) is 1. The summed E-state index contributed by atoms with van der Waals surface area (Å²) < 4.78 is 26.4. The highest BCUT2D eigenvalue weighted by atomic mass is 19.1. The van der Waals surface area contributed by atoms with Gasteiger partial charge < -0.3 is 15.2 Å². The zero-order valence-corrected chi connectivity index (χ0v) is 16.6. The number of rotatable bonds is 4. The molecule has 0 aliphatic carbocycles. The van der Waals surface area contributed by atoms with Crippen LogP contribution < -0.4 is 15.2 Å². The van der Waals surface area contributed by atoms with E-state index in [1.165, 1.54) is 6.07 Å². The molecule has 0 saturated heterocycles. The van der Waals surface area contributed by atoms with E-state index in [1.54, 1.807) is 12.3 Å². The molecule has 1 aromatic heterocycles. The normalized spacial score (nSPS) is 17.0. The van der Waals surface area contributed by atoms with Crippen LogP contribution >= 0.6 is 0 Å². The molecular formula is C23H21FN4O2. The molecule has 2 aromatic carbocycles. The summed E-state index contributed by atoms with van der Waals surface area (Å²) in [6.45, 7) is 3.11. The summed E-state index contributed by atoms with van der Waals surface area (Å²) in [7, 11) is 0. The summed E-state index contributed by atoms with van der Waals surface area (Å²) >= 11 is 0. The third-order valence-corrected chi connectivity index (χ3v) is 5.48. The van der Waals surface area contributed by atoms with Crippen molar-refractivity contribution >= 4 is 17.3 Å². The lowest BCUT2D eigenvalue weighted by molar-refractivity contribution is 0.256. The molecule has 5 rings (SSSR count). The van der Waals surface area contributed by atoms with Crippen molar-refractivity contribution in [2.75, 3.05) is 18.9 Å². The number of benzene rings is 2. The molecule has 3 aromatic rings. The van der Waals surface area contributed by atoms with Gasteiger partial charge in [0.05, 0.1) is 24.6 Å². The number of ether oxygens (including phenoxy) is 2. The third-order valence-electron chi connectivity index (χ3n) is 5.48. The topological polar surface area (TPSA) is 82.6 Å². The minimum atomic E-state index is -0.283. The average molecular weight is 404 g/mol. The maximum Gasteiger partial charge on any atom is 0.220 e. The number of aromatic nitrogens is 2. The first-order valence-electron chi connectivity index (χ1n) is 9.98. The van der Waals surface area contributed by atoms with E-state index in [-0.39, 0.29) is 17.7 Å². The van der Waals surface area contributed by atoms with E-state index in [2.05, 4.69) is 9.97 Å². The van der Waals surface area contributed by atoms with Crippen LogP contribution in [0.3, 0.4) is 0 Å². The minimum absolute atomic E-state index is 0.0966. The van der Waals surface area contributed by atoms with Crippen molar-refractivity contribution in [3.05, 3.63) is 59.5 Å². The molecule has 30 heavy (non-hydrogen) atoms. The fourth-order valence-electron chi connectivity index (χ4n) is 4.03. The van der Waals surface area contributed by atoms with Crippen LogP contribution in [0.25, 0.3) is 11.3 Å². The molecule has 3 heterocycles. The molecule has 0 amide bonds. The van der Waals surface area contributed by atoms with Gasteiger partial charge in [-0.05, 0) is 55.3 Å². The summed E-state index contributed by atoms with van der Waals surface area (Å²) in [5, 5.41) is 0. The monoisotopic (exact) mass is 404 g/mol. The lowest BCUT2D eigenvalue weighted by Gasteiger charge is -2.26. The molecule has 0 radical (unpaired) electrons. The van der Waals surface area contributed by atoms with E-state index in [4.69, 9.17) is 20.2 Å². The smallest absolute Gasteiger partial charge is 0.220 e. The van der Waals surface area contributed by atoms with Crippen molar-refractivity contribution in [1.82, 2.24) is 9.97 Å². The van der Waals surface area contributed by atoms with E-state index in [9.17, 15) is 4.39 Å². The molecule has 0 saturated carbocycles. The minimum Gasteiger partial charge on any atom is -0.494 e. The van der Waals surface area contributed by atoms with Gasteiger partial charge in [-0.15, -0.1) is 0 Å². The number of hydrogen-bond acceptors (Lipinski definition) is 6. The van der Waals surface area contributed by atoms with Crippen LogP contribution in [-0.2, 0) is 12.8 Å². The zero-order chi connectivity index (χ0) is 20.7. The maximum atomic E-state index is 14.9. The van der Waals surface area contributed by atoms with Crippen molar-refractivity contribution in [2.24, 2.45) is 10.9 Å². The number of aliphatic imine (C=N–C) groups is 1. The summed E-state index contributed by atoms with van der Waals surface area (Å²) in [4.78, 5) is 12.8. The van der Waals surface area contributed by atoms with Gasteiger partial charge in [0.2, 0.25) is 5.95 Å². The van der Waals surface area contributed by atoms with Gasteiger partial charge in [0.25, 0.3) is 0 Å². The Morgan fingerprint density at radius 1 is 1.23 bits per heavy atom. The number of anilines is 1. The molecule has 2 N–H and O–H groups in total. The Hall–Kier alpha value is -3.48. The fraction of sp³-hybridized carbons (Fsp3) is 0.261. The number of nitrogens with zero attached hydrogens (tertiary/aromatic N) is 3. The predicted octanol–water partition coefficient (Wildman–Crippen LogP) is 4.14. The van der Waals surface area contributed by atoms with Crippen LogP contribution in [-0.4, -0.2) is 28.9 Å². The molecule has 1 atom stereocenters. The largest absolute Gasteiger partial charge is 0.494 e. The van der Waals surface area contributed by atoms with Crippen LogP contribution in [0, 0.1) is 11.7 Å². The van der Waals surface area contributed by atoms with Crippen LogP contribution in [0.15, 0.2) is 47.6 Å². The second-order valence-electron chi connectivity index (χ2n) is 7.45. The highest BCUT2D eigenvalue weighted by molar-refractivity contribution is 5.96. The molecule has 1 unspecified atom stereocenters. The molecule has 0 bridgehead atoms. The summed E-state index contributed by atoms with van der Waals surface area (Å²) in [6.07, 6.45) is 2.84. The highest BCUT2D eigenvalue weighted by Gasteiger charge is 2.30. The Morgan fingerprint density at radius 2 is 2.13 bits per heavy atom. The molecule has 152 valence electrons. The van der Waals surface area contributed by atoms with Crippen molar-refractivity contribution < 1.29 is 13.9 Å². The van der Waals surface area contributed by atoms with E-state index in [0.717, 1.165) is 29.2 Å². The van der Waals surface area contributed by atoms with Crippen molar-refractivity contribution in [3.8, 4) is 22.8 Å². The lowest BCUT2D eigenvalue weighted by Crippen LogP contribution is -2.28. The van der Waals surface area contributed by atoms with Gasteiger partial charge >= 0.3 is 0 Å². The molecular weight excluding hydrogens is 383 g/mol.